The van der Waals surface area contributed by atoms with E-state index in [4.69, 9.17) is 0 Å². The van der Waals surface area contributed by atoms with Gasteiger partial charge in [0.2, 0.25) is 5.91 Å². The Morgan fingerprint density at radius 2 is 1.76 bits per heavy atom. The lowest BCUT2D eigenvalue weighted by molar-refractivity contribution is -0.123. The smallest absolute Gasteiger partial charge is 0.333 e. The molecule has 0 aromatic heterocycles. The fourth-order valence-electron chi connectivity index (χ4n) is 2.11. The molecule has 2 atom stereocenters. The predicted octanol–water partition coefficient (Wildman–Crippen LogP) is 1.18. The topological polar surface area (TPSA) is 70.2 Å². The van der Waals surface area contributed by atoms with Gasteiger partial charge in [0.25, 0.3) is 0 Å². The highest BCUT2D eigenvalue weighted by Gasteiger charge is 2.60. The number of hydrogen-bond acceptors (Lipinski definition) is 2. The van der Waals surface area contributed by atoms with Gasteiger partial charge in [-0.3, -0.25) is 10.2 Å². The number of rotatable bonds is 2. The van der Waals surface area contributed by atoms with Crippen LogP contribution in [-0.2, 0) is 4.79 Å². The largest absolute Gasteiger partial charge is 0.340 e. The summed E-state index contributed by atoms with van der Waals surface area (Å²) in [7, 11) is 1.49. The zero-order chi connectivity index (χ0) is 13.2. The fraction of sp³-hybridized carbons (Fsp3) is 0.667. The number of nitrogens with one attached hydrogen (secondary N) is 3. The van der Waals surface area contributed by atoms with Crippen molar-refractivity contribution in [3.8, 4) is 0 Å². The monoisotopic (exact) mass is 239 g/mol. The van der Waals surface area contributed by atoms with Gasteiger partial charge in [-0.15, -0.1) is 0 Å². The maximum Gasteiger partial charge on any atom is 0.333 e. The third-order valence-electron chi connectivity index (χ3n) is 3.23. The maximum atomic E-state index is 11.9. The molecule has 1 aliphatic rings. The van der Waals surface area contributed by atoms with Crippen LogP contribution in [0.5, 0.6) is 0 Å². The molecule has 1 rings (SSSR count). The second-order valence-electron chi connectivity index (χ2n) is 5.26. The molecule has 5 nitrogen and oxygen atoms in total. The quantitative estimate of drug-likeness (QED) is 0.500. The molecule has 96 valence electrons. The summed E-state index contributed by atoms with van der Waals surface area (Å²) in [5, 5.41) is 2.37. The molecule has 5 heteroatoms. The third kappa shape index (κ3) is 2.99. The molecule has 0 saturated heterocycles. The average molecular weight is 239 g/mol. The van der Waals surface area contributed by atoms with E-state index in [-0.39, 0.29) is 23.2 Å². The van der Waals surface area contributed by atoms with Crippen LogP contribution in [0, 0.1) is 17.3 Å². The van der Waals surface area contributed by atoms with Gasteiger partial charge >= 0.3 is 6.03 Å². The van der Waals surface area contributed by atoms with Gasteiger partial charge in [0.15, 0.2) is 0 Å². The maximum absolute atomic E-state index is 11.9. The van der Waals surface area contributed by atoms with E-state index < -0.39 is 6.03 Å². The lowest BCUT2D eigenvalue weighted by atomic mass is 10.1. The van der Waals surface area contributed by atoms with E-state index in [0.717, 1.165) is 0 Å². The summed E-state index contributed by atoms with van der Waals surface area (Å²) in [4.78, 5) is 22.8. The first kappa shape index (κ1) is 13.5. The Labute approximate surface area is 102 Å². The second kappa shape index (κ2) is 4.77. The standard InChI is InChI=1S/C12H21N3O2/c1-7(2)6-8-9(12(8,3)4)10(16)14-15-11(17)13-5/h6,8-9H,1-5H3,(H,14,16)(H2,13,15,17)/t8-,9+/m0/s1. The normalized spacial score (nSPS) is 24.5. The Morgan fingerprint density at radius 3 is 2.24 bits per heavy atom. The molecule has 17 heavy (non-hydrogen) atoms. The number of carbonyl (C=O) groups is 2. The molecule has 1 fully saturated rings. The first-order valence-electron chi connectivity index (χ1n) is 5.73. The van der Waals surface area contributed by atoms with E-state index in [1.807, 2.05) is 13.8 Å². The minimum atomic E-state index is -0.421. The van der Waals surface area contributed by atoms with Crippen molar-refractivity contribution in [3.05, 3.63) is 11.6 Å². The van der Waals surface area contributed by atoms with Gasteiger partial charge in [-0.25, -0.2) is 10.2 Å². The Bertz CT molecular complexity index is 357. The van der Waals surface area contributed by atoms with Crippen LogP contribution in [0.3, 0.4) is 0 Å². The van der Waals surface area contributed by atoms with Crippen LogP contribution in [0.4, 0.5) is 4.79 Å². The summed E-state index contributed by atoms with van der Waals surface area (Å²) in [5.41, 5.74) is 5.89. The highest BCUT2D eigenvalue weighted by molar-refractivity contribution is 5.86. The van der Waals surface area contributed by atoms with E-state index in [9.17, 15) is 9.59 Å². The second-order valence-corrected chi connectivity index (χ2v) is 5.26. The summed E-state index contributed by atoms with van der Waals surface area (Å²) in [6.07, 6.45) is 2.12. The zero-order valence-electron chi connectivity index (χ0n) is 11.0. The Morgan fingerprint density at radius 1 is 1.18 bits per heavy atom. The number of amides is 3. The predicted molar refractivity (Wildman–Crippen MR) is 65.9 cm³/mol. The van der Waals surface area contributed by atoms with Gasteiger partial charge in [-0.2, -0.15) is 0 Å². The van der Waals surface area contributed by atoms with Crippen LogP contribution in [-0.4, -0.2) is 19.0 Å². The lowest BCUT2D eigenvalue weighted by Gasteiger charge is -2.06. The number of carbonyl (C=O) groups excluding carboxylic acids is 2. The van der Waals surface area contributed by atoms with Gasteiger partial charge in [-0.1, -0.05) is 25.5 Å². The zero-order valence-corrected chi connectivity index (χ0v) is 11.0. The molecule has 1 saturated carbocycles. The molecule has 0 radical (unpaired) electrons. The minimum absolute atomic E-state index is 0.0360. The molecule has 3 N–H and O–H groups in total. The highest BCUT2D eigenvalue weighted by Crippen LogP contribution is 2.59. The van der Waals surface area contributed by atoms with Gasteiger partial charge < -0.3 is 5.32 Å². The molecule has 1 aliphatic carbocycles. The molecular weight excluding hydrogens is 218 g/mol. The van der Waals surface area contributed by atoms with Crippen LogP contribution in [0.25, 0.3) is 0 Å². The van der Waals surface area contributed by atoms with Gasteiger partial charge in [0, 0.05) is 7.05 Å². The molecule has 0 aliphatic heterocycles. The summed E-state index contributed by atoms with van der Waals surface area (Å²) in [6.45, 7) is 8.15. The van der Waals surface area contributed by atoms with E-state index in [0.29, 0.717) is 0 Å². The summed E-state index contributed by atoms with van der Waals surface area (Å²) < 4.78 is 0. The summed E-state index contributed by atoms with van der Waals surface area (Å²) >= 11 is 0. The van der Waals surface area contributed by atoms with Gasteiger partial charge in [0.05, 0.1) is 5.92 Å². The number of urea groups is 1. The van der Waals surface area contributed by atoms with Crippen LogP contribution in [0.2, 0.25) is 0 Å². The Balaban J connectivity index is 2.54. The molecule has 0 unspecified atom stereocenters. The van der Waals surface area contributed by atoms with Crippen molar-refractivity contribution in [2.24, 2.45) is 17.3 Å². The average Bonchev–Trinajstić information content (AvgIpc) is 2.75. The number of hydrogen-bond donors (Lipinski definition) is 3. The highest BCUT2D eigenvalue weighted by atomic mass is 16.2. The lowest BCUT2D eigenvalue weighted by Crippen LogP contribution is -2.46. The molecule has 0 aromatic carbocycles. The summed E-state index contributed by atoms with van der Waals surface area (Å²) in [5.74, 6) is 0.0367. The van der Waals surface area contributed by atoms with Crippen molar-refractivity contribution in [2.75, 3.05) is 7.05 Å². The van der Waals surface area contributed by atoms with E-state index in [1.165, 1.54) is 12.6 Å². The molecular formula is C12H21N3O2. The molecule has 0 bridgehead atoms. The number of hydrazine groups is 1. The number of allylic oxidation sites excluding steroid dienone is 2. The van der Waals surface area contributed by atoms with Crippen molar-refractivity contribution in [1.29, 1.82) is 0 Å². The van der Waals surface area contributed by atoms with Crippen molar-refractivity contribution in [1.82, 2.24) is 16.2 Å². The first-order chi connectivity index (χ1) is 7.80. The first-order valence-corrected chi connectivity index (χ1v) is 5.73. The van der Waals surface area contributed by atoms with Gasteiger partial charge in [0.1, 0.15) is 0 Å². The van der Waals surface area contributed by atoms with E-state index >= 15 is 0 Å². The molecule has 0 spiro atoms. The molecule has 0 aromatic rings. The Hall–Kier alpha value is -1.52. The van der Waals surface area contributed by atoms with Crippen molar-refractivity contribution in [3.63, 3.8) is 0 Å². The van der Waals surface area contributed by atoms with Crippen LogP contribution in [0.15, 0.2) is 11.6 Å². The fourth-order valence-corrected chi connectivity index (χ4v) is 2.11. The molecule has 0 heterocycles. The minimum Gasteiger partial charge on any atom is -0.340 e. The van der Waals surface area contributed by atoms with Crippen molar-refractivity contribution >= 4 is 11.9 Å². The van der Waals surface area contributed by atoms with Gasteiger partial charge in [-0.05, 0) is 25.2 Å². The Kier molecular flexibility index (Phi) is 3.80. The van der Waals surface area contributed by atoms with E-state index in [1.54, 1.807) is 0 Å². The SMILES string of the molecule is CNC(=O)NNC(=O)[C@H]1[C@H](C=C(C)C)C1(C)C. The molecule has 3 amide bonds. The third-order valence-corrected chi connectivity index (χ3v) is 3.23. The van der Waals surface area contributed by atoms with Crippen molar-refractivity contribution < 1.29 is 9.59 Å². The van der Waals surface area contributed by atoms with E-state index in [2.05, 4.69) is 36.1 Å². The summed E-state index contributed by atoms with van der Waals surface area (Å²) in [6, 6.07) is -0.421. The van der Waals surface area contributed by atoms with Crippen molar-refractivity contribution in [2.45, 2.75) is 27.7 Å². The van der Waals surface area contributed by atoms with Crippen LogP contribution >= 0.6 is 0 Å². The van der Waals surface area contributed by atoms with Crippen LogP contribution < -0.4 is 16.2 Å². The van der Waals surface area contributed by atoms with Crippen LogP contribution in [0.1, 0.15) is 27.7 Å².